The molecule has 106 valence electrons. The third-order valence-electron chi connectivity index (χ3n) is 3.48. The topological polar surface area (TPSA) is 65.1 Å². The van der Waals surface area contributed by atoms with E-state index in [1.54, 1.807) is 12.1 Å². The van der Waals surface area contributed by atoms with Gasteiger partial charge in [-0.15, -0.1) is 0 Å². The molecule has 0 radical (unpaired) electrons. The number of hydrogen-bond donors (Lipinski definition) is 3. The van der Waals surface area contributed by atoms with Crippen LogP contribution in [0.2, 0.25) is 0 Å². The first-order valence-corrected chi connectivity index (χ1v) is 6.86. The number of aromatic amines is 1. The van der Waals surface area contributed by atoms with Gasteiger partial charge < -0.3 is 15.4 Å². The van der Waals surface area contributed by atoms with Gasteiger partial charge >= 0.3 is 0 Å². The van der Waals surface area contributed by atoms with Gasteiger partial charge in [-0.3, -0.25) is 4.79 Å². The number of benzene rings is 2. The van der Waals surface area contributed by atoms with Gasteiger partial charge in [0.25, 0.3) is 5.91 Å². The predicted octanol–water partition coefficient (Wildman–Crippen LogP) is 2.85. The van der Waals surface area contributed by atoms with Gasteiger partial charge in [0.05, 0.1) is 0 Å². The maximum absolute atomic E-state index is 12.2. The molecule has 1 aromatic heterocycles. The lowest BCUT2D eigenvalue weighted by atomic mass is 10.1. The normalized spacial score (nSPS) is 10.7. The molecule has 0 spiro atoms. The fourth-order valence-electron chi connectivity index (χ4n) is 2.36. The zero-order valence-corrected chi connectivity index (χ0v) is 11.5. The first-order valence-electron chi connectivity index (χ1n) is 6.86. The molecular weight excluding hydrogens is 264 g/mol. The number of nitrogens with one attached hydrogen (secondary N) is 2. The quantitative estimate of drug-likeness (QED) is 0.688. The highest BCUT2D eigenvalue weighted by Gasteiger charge is 2.09. The van der Waals surface area contributed by atoms with E-state index in [1.807, 2.05) is 42.6 Å². The van der Waals surface area contributed by atoms with Crippen LogP contribution in [0.4, 0.5) is 0 Å². The molecular formula is C17H16N2O2. The third kappa shape index (κ3) is 2.89. The number of carbonyl (C=O) groups is 1. The van der Waals surface area contributed by atoms with Crippen LogP contribution >= 0.6 is 0 Å². The van der Waals surface area contributed by atoms with E-state index in [0.717, 1.165) is 22.9 Å². The van der Waals surface area contributed by atoms with Gasteiger partial charge in [0.15, 0.2) is 0 Å². The van der Waals surface area contributed by atoms with Crippen LogP contribution in [0.25, 0.3) is 10.9 Å². The summed E-state index contributed by atoms with van der Waals surface area (Å²) in [6.07, 6.45) is 2.56. The molecule has 3 aromatic rings. The summed E-state index contributed by atoms with van der Waals surface area (Å²) in [6, 6.07) is 14.6. The second kappa shape index (κ2) is 5.71. The van der Waals surface area contributed by atoms with Gasteiger partial charge in [0.1, 0.15) is 5.75 Å². The molecule has 21 heavy (non-hydrogen) atoms. The van der Waals surface area contributed by atoms with Gasteiger partial charge in [0, 0.05) is 29.2 Å². The Balaban J connectivity index is 1.64. The Morgan fingerprint density at radius 2 is 1.90 bits per heavy atom. The zero-order valence-electron chi connectivity index (χ0n) is 11.5. The van der Waals surface area contributed by atoms with Gasteiger partial charge in [-0.2, -0.15) is 0 Å². The lowest BCUT2D eigenvalue weighted by Crippen LogP contribution is -2.25. The Labute approximate surface area is 122 Å². The first-order chi connectivity index (χ1) is 10.2. The van der Waals surface area contributed by atoms with Crippen LogP contribution in [0.1, 0.15) is 15.9 Å². The zero-order chi connectivity index (χ0) is 14.7. The summed E-state index contributed by atoms with van der Waals surface area (Å²) in [5, 5.41) is 13.1. The summed E-state index contributed by atoms with van der Waals surface area (Å²) >= 11 is 0. The van der Waals surface area contributed by atoms with Crippen molar-refractivity contribution in [3.05, 3.63) is 65.9 Å². The van der Waals surface area contributed by atoms with E-state index in [1.165, 1.54) is 0 Å². The van der Waals surface area contributed by atoms with Crippen molar-refractivity contribution >= 4 is 16.8 Å². The monoisotopic (exact) mass is 280 g/mol. The maximum Gasteiger partial charge on any atom is 0.251 e. The summed E-state index contributed by atoms with van der Waals surface area (Å²) in [5.74, 6) is 0.181. The molecule has 3 N–H and O–H groups in total. The van der Waals surface area contributed by atoms with Gasteiger partial charge in [-0.25, -0.2) is 0 Å². The molecule has 0 fully saturated rings. The van der Waals surface area contributed by atoms with Crippen LogP contribution in [0.3, 0.4) is 0 Å². The fraction of sp³-hybridized carbons (Fsp3) is 0.118. The van der Waals surface area contributed by atoms with Crippen LogP contribution in [0.15, 0.2) is 54.7 Å². The van der Waals surface area contributed by atoms with E-state index < -0.39 is 0 Å². The van der Waals surface area contributed by atoms with Crippen molar-refractivity contribution in [2.45, 2.75) is 6.42 Å². The van der Waals surface area contributed by atoms with E-state index in [-0.39, 0.29) is 11.7 Å². The van der Waals surface area contributed by atoms with Crippen molar-refractivity contribution in [3.8, 4) is 5.75 Å². The van der Waals surface area contributed by atoms with Crippen molar-refractivity contribution in [2.75, 3.05) is 6.54 Å². The molecule has 0 aliphatic heterocycles. The molecule has 1 heterocycles. The van der Waals surface area contributed by atoms with E-state index in [9.17, 15) is 9.90 Å². The second-order valence-electron chi connectivity index (χ2n) is 4.92. The molecule has 0 unspecified atom stereocenters. The number of aromatic hydroxyl groups is 1. The van der Waals surface area contributed by atoms with Crippen molar-refractivity contribution < 1.29 is 9.90 Å². The summed E-state index contributed by atoms with van der Waals surface area (Å²) in [7, 11) is 0. The second-order valence-corrected chi connectivity index (χ2v) is 4.92. The van der Waals surface area contributed by atoms with Crippen LogP contribution in [-0.4, -0.2) is 22.5 Å². The van der Waals surface area contributed by atoms with E-state index in [0.29, 0.717) is 12.1 Å². The number of amides is 1. The lowest BCUT2D eigenvalue weighted by molar-refractivity contribution is 0.0956. The van der Waals surface area contributed by atoms with Crippen molar-refractivity contribution in [1.82, 2.24) is 10.3 Å². The number of fused-ring (bicyclic) bond motifs is 1. The minimum absolute atomic E-state index is 0.0704. The molecule has 4 nitrogen and oxygen atoms in total. The van der Waals surface area contributed by atoms with Crippen LogP contribution < -0.4 is 5.32 Å². The summed E-state index contributed by atoms with van der Waals surface area (Å²) < 4.78 is 0. The number of aromatic nitrogens is 1. The minimum atomic E-state index is -0.0704. The molecule has 0 atom stereocenters. The van der Waals surface area contributed by atoms with Crippen molar-refractivity contribution in [1.29, 1.82) is 0 Å². The molecule has 0 saturated heterocycles. The highest BCUT2D eigenvalue weighted by Crippen LogP contribution is 2.17. The Kier molecular flexibility index (Phi) is 3.60. The van der Waals surface area contributed by atoms with Gasteiger partial charge in [-0.1, -0.05) is 18.2 Å². The molecule has 1 amide bonds. The molecule has 0 bridgehead atoms. The molecule has 0 aliphatic carbocycles. The molecule has 0 aliphatic rings. The summed E-state index contributed by atoms with van der Waals surface area (Å²) in [4.78, 5) is 15.3. The third-order valence-corrected chi connectivity index (χ3v) is 3.48. The fourth-order valence-corrected chi connectivity index (χ4v) is 2.36. The lowest BCUT2D eigenvalue weighted by Gasteiger charge is -2.06. The first kappa shape index (κ1) is 13.2. The largest absolute Gasteiger partial charge is 0.508 e. The van der Waals surface area contributed by atoms with Crippen LogP contribution in [-0.2, 0) is 6.42 Å². The molecule has 4 heteroatoms. The summed E-state index contributed by atoms with van der Waals surface area (Å²) in [6.45, 7) is 0.560. The maximum atomic E-state index is 12.2. The van der Waals surface area contributed by atoms with Crippen molar-refractivity contribution in [2.24, 2.45) is 0 Å². The Morgan fingerprint density at radius 3 is 2.71 bits per heavy atom. The highest BCUT2D eigenvalue weighted by atomic mass is 16.3. The number of phenols is 1. The number of rotatable bonds is 4. The van der Waals surface area contributed by atoms with Gasteiger partial charge in [0.2, 0.25) is 0 Å². The molecule has 2 aromatic carbocycles. The number of phenolic OH excluding ortho intramolecular Hbond substituents is 1. The average Bonchev–Trinajstić information content (AvgIpc) is 2.97. The van der Waals surface area contributed by atoms with Crippen molar-refractivity contribution in [3.63, 3.8) is 0 Å². The smallest absolute Gasteiger partial charge is 0.251 e. The minimum Gasteiger partial charge on any atom is -0.508 e. The highest BCUT2D eigenvalue weighted by molar-refractivity contribution is 6.06. The van der Waals surface area contributed by atoms with Gasteiger partial charge in [-0.05, 0) is 42.3 Å². The van der Waals surface area contributed by atoms with Crippen LogP contribution in [0, 0.1) is 0 Å². The van der Waals surface area contributed by atoms with Crippen LogP contribution in [0.5, 0.6) is 5.75 Å². The van der Waals surface area contributed by atoms with E-state index in [4.69, 9.17) is 0 Å². The SMILES string of the molecule is O=C(NCCc1ccc(O)cc1)c1cccc2[nH]ccc12. The number of carbonyl (C=O) groups excluding carboxylic acids is 1. The number of hydrogen-bond acceptors (Lipinski definition) is 2. The number of H-pyrrole nitrogens is 1. The Hall–Kier alpha value is -2.75. The Morgan fingerprint density at radius 1 is 1.10 bits per heavy atom. The van der Waals surface area contributed by atoms with E-state index in [2.05, 4.69) is 10.3 Å². The standard InChI is InChI=1S/C17H16N2O2/c20-13-6-4-12(5-7-13)8-10-19-17(21)15-2-1-3-16-14(15)9-11-18-16/h1-7,9,11,18,20H,8,10H2,(H,19,21). The molecule has 3 rings (SSSR count). The Bertz CT molecular complexity index is 760. The van der Waals surface area contributed by atoms with E-state index >= 15 is 0 Å². The average molecular weight is 280 g/mol. The molecule has 0 saturated carbocycles. The predicted molar refractivity (Wildman–Crippen MR) is 82.4 cm³/mol. The summed E-state index contributed by atoms with van der Waals surface area (Å²) in [5.41, 5.74) is 2.72.